The molecule has 3 rings (SSSR count). The zero-order chi connectivity index (χ0) is 35.6. The predicted octanol–water partition coefficient (Wildman–Crippen LogP) is 4.64. The van der Waals surface area contributed by atoms with E-state index >= 15 is 0 Å². The number of alkyl carbamates (subject to hydrolysis) is 1. The molecule has 1 aliphatic rings. The number of aryl methyl sites for hydroxylation is 1. The van der Waals surface area contributed by atoms with Gasteiger partial charge in [0.15, 0.2) is 0 Å². The van der Waals surface area contributed by atoms with Gasteiger partial charge in [0.1, 0.15) is 24.3 Å². The summed E-state index contributed by atoms with van der Waals surface area (Å²) in [7, 11) is 0. The summed E-state index contributed by atoms with van der Waals surface area (Å²) in [5.74, 6) is -2.48. The molecule has 5 N–H and O–H groups in total. The van der Waals surface area contributed by atoms with Crippen molar-refractivity contribution in [1.29, 1.82) is 0 Å². The first kappa shape index (κ1) is 40.1. The molecule has 272 valence electrons. The lowest BCUT2D eigenvalue weighted by Gasteiger charge is -2.27. The van der Waals surface area contributed by atoms with E-state index in [1.165, 1.54) is 5.56 Å². The number of hydrogen-bond donors (Lipinski definition) is 5. The van der Waals surface area contributed by atoms with Crippen molar-refractivity contribution in [1.82, 2.24) is 21.3 Å². The molecule has 0 saturated carbocycles. The lowest BCUT2D eigenvalue weighted by atomic mass is 10.00. The summed E-state index contributed by atoms with van der Waals surface area (Å²) >= 11 is 0.829. The Morgan fingerprint density at radius 2 is 1.73 bits per heavy atom. The van der Waals surface area contributed by atoms with Crippen LogP contribution < -0.4 is 21.3 Å². The minimum Gasteiger partial charge on any atom is -0.447 e. The van der Waals surface area contributed by atoms with Gasteiger partial charge in [-0.1, -0.05) is 57.9 Å². The number of amides is 3. The van der Waals surface area contributed by atoms with Gasteiger partial charge in [0.25, 0.3) is 0 Å². The molecule has 1 aliphatic heterocycles. The highest BCUT2D eigenvalue weighted by Crippen LogP contribution is 2.17. The van der Waals surface area contributed by atoms with Crippen LogP contribution in [0.25, 0.3) is 0 Å². The maximum Gasteiger partial charge on any atom is 0.407 e. The molecule has 4 atom stereocenters. The number of nitrogens with one attached hydrogen (secondary N) is 4. The molecule has 1 fully saturated rings. The number of hydrogen-bond acceptors (Lipinski definition) is 9. The van der Waals surface area contributed by atoms with Crippen LogP contribution in [0.5, 0.6) is 0 Å². The molecular formula is C35H50F2N4O7S. The standard InChI is InChI=1S/C35H50F2N4O7S/c1-4-8-29(9-5-2)47-48-49-22-31(41-35(45)46-21-28-12-13-33(43)39-28)34(44)40-30(17-25-15-26(36)18-27(37)16-25)32(42)20-38-19-24-11-7-10-23(6-3)14-24/h7,10-11,14-16,18,28-32,38,42H,4-6,8-9,12-13,17,19-22H2,1-3H3,(H,39,43)(H,40,44)(H,41,45)/t28-,30-,31?,32+/m0/s1. The van der Waals surface area contributed by atoms with Gasteiger partial charge in [0.05, 0.1) is 30.0 Å². The molecule has 2 aromatic carbocycles. The predicted molar refractivity (Wildman–Crippen MR) is 183 cm³/mol. The number of aliphatic hydroxyl groups excluding tert-OH is 1. The molecule has 3 amide bonds. The van der Waals surface area contributed by atoms with Crippen LogP contribution in [0.3, 0.4) is 0 Å². The van der Waals surface area contributed by atoms with Crippen molar-refractivity contribution in [3.05, 3.63) is 70.8 Å². The third-order valence-corrected chi connectivity index (χ3v) is 8.69. The Labute approximate surface area is 291 Å². The number of benzene rings is 2. The number of halogens is 2. The first-order valence-corrected chi connectivity index (χ1v) is 17.9. The summed E-state index contributed by atoms with van der Waals surface area (Å²) in [6.45, 7) is 6.55. The molecule has 0 bridgehead atoms. The van der Waals surface area contributed by atoms with Crippen LogP contribution in [0, 0.1) is 11.6 Å². The van der Waals surface area contributed by atoms with E-state index in [9.17, 15) is 28.3 Å². The van der Waals surface area contributed by atoms with E-state index in [2.05, 4.69) is 34.3 Å². The fourth-order valence-corrected chi connectivity index (χ4v) is 6.02. The molecule has 1 saturated heterocycles. The first-order valence-electron chi connectivity index (χ1n) is 17.0. The molecule has 0 radical (unpaired) electrons. The van der Waals surface area contributed by atoms with Crippen LogP contribution in [0.15, 0.2) is 42.5 Å². The fourth-order valence-electron chi connectivity index (χ4n) is 5.42. The molecule has 1 heterocycles. The van der Waals surface area contributed by atoms with Gasteiger partial charge >= 0.3 is 6.09 Å². The Bertz CT molecular complexity index is 1310. The molecular weight excluding hydrogens is 658 g/mol. The van der Waals surface area contributed by atoms with E-state index in [0.29, 0.717) is 19.4 Å². The van der Waals surface area contributed by atoms with Gasteiger partial charge in [-0.25, -0.2) is 18.5 Å². The van der Waals surface area contributed by atoms with Crippen LogP contribution in [0.2, 0.25) is 0 Å². The van der Waals surface area contributed by atoms with E-state index < -0.39 is 41.8 Å². The Hall–Kier alpha value is -3.30. The van der Waals surface area contributed by atoms with E-state index in [-0.39, 0.29) is 48.9 Å². The van der Waals surface area contributed by atoms with Gasteiger partial charge in [-0.3, -0.25) is 9.59 Å². The smallest absolute Gasteiger partial charge is 0.407 e. The van der Waals surface area contributed by atoms with Crippen LogP contribution in [0.4, 0.5) is 13.6 Å². The van der Waals surface area contributed by atoms with Gasteiger partial charge in [0.2, 0.25) is 11.8 Å². The maximum absolute atomic E-state index is 14.1. The van der Waals surface area contributed by atoms with Crippen LogP contribution in [-0.4, -0.2) is 72.3 Å². The Morgan fingerprint density at radius 1 is 1.02 bits per heavy atom. The van der Waals surface area contributed by atoms with Gasteiger partial charge in [0, 0.05) is 37.6 Å². The molecule has 49 heavy (non-hydrogen) atoms. The molecule has 1 unspecified atom stereocenters. The topological polar surface area (TPSA) is 147 Å². The number of rotatable bonds is 22. The second kappa shape index (κ2) is 21.7. The molecule has 0 aromatic heterocycles. The fraction of sp³-hybridized carbons (Fsp3) is 0.571. The van der Waals surface area contributed by atoms with Gasteiger partial charge in [-0.15, -0.1) is 0 Å². The van der Waals surface area contributed by atoms with Crippen molar-refractivity contribution in [2.45, 2.75) is 109 Å². The van der Waals surface area contributed by atoms with E-state index in [1.807, 2.05) is 32.0 Å². The summed E-state index contributed by atoms with van der Waals surface area (Å²) in [4.78, 5) is 43.5. The molecule has 0 aliphatic carbocycles. The van der Waals surface area contributed by atoms with E-state index in [1.54, 1.807) is 0 Å². The minimum atomic E-state index is -1.21. The zero-order valence-electron chi connectivity index (χ0n) is 28.5. The third-order valence-electron chi connectivity index (χ3n) is 8.04. The number of carbonyl (C=O) groups excluding carboxylic acids is 3. The third kappa shape index (κ3) is 15.0. The Balaban J connectivity index is 1.71. The number of carbonyl (C=O) groups is 3. The van der Waals surface area contributed by atoms with Crippen molar-refractivity contribution >= 4 is 30.0 Å². The van der Waals surface area contributed by atoms with E-state index in [4.69, 9.17) is 14.0 Å². The highest BCUT2D eigenvalue weighted by Gasteiger charge is 2.29. The molecule has 11 nitrogen and oxygen atoms in total. The highest BCUT2D eigenvalue weighted by atomic mass is 32.2. The minimum absolute atomic E-state index is 0.0499. The Kier molecular flexibility index (Phi) is 17.8. The summed E-state index contributed by atoms with van der Waals surface area (Å²) in [5, 5.41) is 22.4. The monoisotopic (exact) mass is 708 g/mol. The molecule has 14 heteroatoms. The van der Waals surface area contributed by atoms with Gasteiger partial charge in [-0.05, 0) is 60.9 Å². The highest BCUT2D eigenvalue weighted by molar-refractivity contribution is 7.94. The van der Waals surface area contributed by atoms with Gasteiger partial charge in [-0.2, -0.15) is 4.33 Å². The average Bonchev–Trinajstić information content (AvgIpc) is 3.49. The van der Waals surface area contributed by atoms with Crippen molar-refractivity contribution < 1.29 is 42.2 Å². The lowest BCUT2D eigenvalue weighted by Crippen LogP contribution is -2.55. The summed E-state index contributed by atoms with van der Waals surface area (Å²) in [6, 6.07) is 8.47. The quantitative estimate of drug-likeness (QED) is 0.0511. The summed E-state index contributed by atoms with van der Waals surface area (Å²) in [5.41, 5.74) is 2.41. The zero-order valence-corrected chi connectivity index (χ0v) is 29.3. The SMILES string of the molecule is CCCC(CCC)OOSCC(NC(=O)OC[C@@H]1CCC(=O)N1)C(=O)N[C@@H](Cc1cc(F)cc(F)c1)[C@H](O)CNCc1cccc(CC)c1. The first-order chi connectivity index (χ1) is 23.6. The largest absolute Gasteiger partial charge is 0.447 e. The number of ether oxygens (including phenoxy) is 1. The normalized spacial score (nSPS) is 16.2. The van der Waals surface area contributed by atoms with Crippen LogP contribution in [0.1, 0.15) is 76.0 Å². The maximum atomic E-state index is 14.1. The average molecular weight is 709 g/mol. The second-order valence-electron chi connectivity index (χ2n) is 12.2. The van der Waals surface area contributed by atoms with Gasteiger partial charge < -0.3 is 31.1 Å². The Morgan fingerprint density at radius 3 is 2.39 bits per heavy atom. The van der Waals surface area contributed by atoms with Crippen LogP contribution >= 0.6 is 12.0 Å². The summed E-state index contributed by atoms with van der Waals surface area (Å²) in [6.07, 6.45) is 2.82. The van der Waals surface area contributed by atoms with Crippen molar-refractivity contribution in [2.24, 2.45) is 0 Å². The molecule has 0 spiro atoms. The second-order valence-corrected chi connectivity index (χ2v) is 12.9. The van der Waals surface area contributed by atoms with Crippen molar-refractivity contribution in [3.8, 4) is 0 Å². The summed E-state index contributed by atoms with van der Waals surface area (Å²) < 4.78 is 38.8. The van der Waals surface area contributed by atoms with E-state index in [0.717, 1.165) is 67.9 Å². The number of aliphatic hydroxyl groups is 1. The van der Waals surface area contributed by atoms with Crippen molar-refractivity contribution in [2.75, 3.05) is 18.9 Å². The van der Waals surface area contributed by atoms with Crippen molar-refractivity contribution in [3.63, 3.8) is 0 Å². The van der Waals surface area contributed by atoms with Crippen LogP contribution in [-0.2, 0) is 42.9 Å². The molecule has 2 aromatic rings. The lowest BCUT2D eigenvalue weighted by molar-refractivity contribution is -0.234.